The Morgan fingerprint density at radius 1 is 1.10 bits per heavy atom. The molecule has 4 aromatic rings. The van der Waals surface area contributed by atoms with E-state index in [-0.39, 0.29) is 5.69 Å². The van der Waals surface area contributed by atoms with Gasteiger partial charge in [-0.15, -0.1) is 0 Å². The molecular formula is C22H18ClN3O4. The second kappa shape index (κ2) is 7.68. The van der Waals surface area contributed by atoms with Gasteiger partial charge >= 0.3 is 0 Å². The van der Waals surface area contributed by atoms with E-state index in [1.54, 1.807) is 37.6 Å². The number of rotatable bonds is 5. The van der Waals surface area contributed by atoms with Crippen LogP contribution in [0.1, 0.15) is 5.56 Å². The summed E-state index contributed by atoms with van der Waals surface area (Å²) in [6.45, 7) is 1.89. The van der Waals surface area contributed by atoms with E-state index in [1.165, 1.54) is 12.1 Å². The largest absolute Gasteiger partial charge is 0.479 e. The molecule has 0 spiro atoms. The topological polar surface area (TPSA) is 79.4 Å². The molecule has 0 amide bonds. The molecule has 0 aliphatic rings. The van der Waals surface area contributed by atoms with E-state index < -0.39 is 4.92 Å². The van der Waals surface area contributed by atoms with Gasteiger partial charge in [0.15, 0.2) is 0 Å². The number of hydrogen-bond donors (Lipinski definition) is 0. The zero-order valence-corrected chi connectivity index (χ0v) is 17.3. The highest BCUT2D eigenvalue weighted by Gasteiger charge is 2.20. The number of benzene rings is 2. The fourth-order valence-electron chi connectivity index (χ4n) is 3.46. The van der Waals surface area contributed by atoms with Crippen LogP contribution in [0, 0.1) is 17.0 Å². The van der Waals surface area contributed by atoms with Crippen molar-refractivity contribution < 1.29 is 14.4 Å². The van der Waals surface area contributed by atoms with E-state index in [0.717, 1.165) is 22.0 Å². The summed E-state index contributed by atoms with van der Waals surface area (Å²) in [5.74, 6) is 1.59. The Kier molecular flexibility index (Phi) is 5.05. The van der Waals surface area contributed by atoms with Crippen LogP contribution in [0.25, 0.3) is 22.0 Å². The molecule has 2 aromatic heterocycles. The Bertz CT molecular complexity index is 1280. The molecular weight excluding hydrogens is 406 g/mol. The lowest BCUT2D eigenvalue weighted by atomic mass is 10.0. The van der Waals surface area contributed by atoms with Crippen molar-refractivity contribution in [2.45, 2.75) is 6.92 Å². The molecule has 0 aliphatic carbocycles. The van der Waals surface area contributed by atoms with Gasteiger partial charge in [0, 0.05) is 53.1 Å². The minimum absolute atomic E-state index is 0.0248. The first-order valence-corrected chi connectivity index (χ1v) is 9.47. The molecule has 2 aromatic carbocycles. The van der Waals surface area contributed by atoms with Gasteiger partial charge in [-0.1, -0.05) is 11.6 Å². The van der Waals surface area contributed by atoms with Crippen molar-refractivity contribution in [3.05, 3.63) is 75.6 Å². The standard InChI is InChI=1S/C22H18ClN3O4/c1-13-10-14(23)4-6-19(13)30-20-7-5-15(26(27)28)11-17(20)18-12-25(2)21-16(18)8-9-24-22(21)29-3/h4-12H,1-3H3. The van der Waals surface area contributed by atoms with Crippen LogP contribution in [0.15, 0.2) is 54.9 Å². The number of halogens is 1. The molecule has 0 saturated heterocycles. The number of hydrogen-bond acceptors (Lipinski definition) is 5. The van der Waals surface area contributed by atoms with E-state index in [9.17, 15) is 10.1 Å². The molecule has 7 nitrogen and oxygen atoms in total. The fourth-order valence-corrected chi connectivity index (χ4v) is 3.69. The SMILES string of the molecule is COc1nccc2c(-c3cc([N+](=O)[O-])ccc3Oc3ccc(Cl)cc3C)cn(C)c12. The number of nitro benzene ring substituents is 1. The first-order chi connectivity index (χ1) is 14.4. The third-order valence-electron chi connectivity index (χ3n) is 4.87. The Morgan fingerprint density at radius 3 is 2.57 bits per heavy atom. The average molecular weight is 424 g/mol. The number of pyridine rings is 1. The van der Waals surface area contributed by atoms with Crippen molar-refractivity contribution in [3.63, 3.8) is 0 Å². The quantitative estimate of drug-likeness (QED) is 0.294. The van der Waals surface area contributed by atoms with Crippen molar-refractivity contribution in [2.24, 2.45) is 7.05 Å². The van der Waals surface area contributed by atoms with Gasteiger partial charge in [0.1, 0.15) is 17.0 Å². The third-order valence-corrected chi connectivity index (χ3v) is 5.11. The number of nitro groups is 1. The monoisotopic (exact) mass is 423 g/mol. The van der Waals surface area contributed by atoms with Crippen LogP contribution >= 0.6 is 11.6 Å². The molecule has 0 atom stereocenters. The van der Waals surface area contributed by atoms with Crippen LogP contribution in [0.4, 0.5) is 5.69 Å². The minimum Gasteiger partial charge on any atom is -0.479 e. The number of non-ortho nitro benzene ring substituents is 1. The summed E-state index contributed by atoms with van der Waals surface area (Å²) < 4.78 is 13.4. The lowest BCUT2D eigenvalue weighted by molar-refractivity contribution is -0.384. The van der Waals surface area contributed by atoms with Crippen LogP contribution in [0.2, 0.25) is 5.02 Å². The summed E-state index contributed by atoms with van der Waals surface area (Å²) >= 11 is 6.05. The van der Waals surface area contributed by atoms with Gasteiger partial charge in [-0.05, 0) is 42.8 Å². The van der Waals surface area contributed by atoms with Gasteiger partial charge < -0.3 is 14.0 Å². The zero-order valence-electron chi connectivity index (χ0n) is 16.5. The first kappa shape index (κ1) is 19.7. The number of methoxy groups -OCH3 is 1. The van der Waals surface area contributed by atoms with E-state index >= 15 is 0 Å². The van der Waals surface area contributed by atoms with Crippen LogP contribution < -0.4 is 9.47 Å². The van der Waals surface area contributed by atoms with Gasteiger partial charge in [-0.25, -0.2) is 4.98 Å². The van der Waals surface area contributed by atoms with Crippen LogP contribution in [0.5, 0.6) is 17.4 Å². The molecule has 0 N–H and O–H groups in total. The number of aromatic nitrogens is 2. The zero-order chi connectivity index (χ0) is 21.4. The smallest absolute Gasteiger partial charge is 0.270 e. The molecule has 30 heavy (non-hydrogen) atoms. The highest BCUT2D eigenvalue weighted by Crippen LogP contribution is 2.42. The first-order valence-electron chi connectivity index (χ1n) is 9.10. The summed E-state index contributed by atoms with van der Waals surface area (Å²) in [5.41, 5.74) is 2.99. The van der Waals surface area contributed by atoms with Gasteiger partial charge in [0.25, 0.3) is 5.69 Å². The summed E-state index contributed by atoms with van der Waals surface area (Å²) in [6, 6.07) is 11.7. The Labute approximate surface area is 177 Å². The van der Waals surface area contributed by atoms with Crippen LogP contribution in [-0.2, 0) is 7.05 Å². The summed E-state index contributed by atoms with van der Waals surface area (Å²) in [4.78, 5) is 15.3. The molecule has 0 aliphatic heterocycles. The maximum atomic E-state index is 11.4. The normalized spacial score (nSPS) is 10.9. The lowest BCUT2D eigenvalue weighted by Crippen LogP contribution is -1.94. The number of aryl methyl sites for hydroxylation is 2. The maximum Gasteiger partial charge on any atom is 0.270 e. The van der Waals surface area contributed by atoms with Gasteiger partial charge in [-0.3, -0.25) is 10.1 Å². The van der Waals surface area contributed by atoms with Gasteiger partial charge in [-0.2, -0.15) is 0 Å². The van der Waals surface area contributed by atoms with Crippen molar-refractivity contribution >= 4 is 28.2 Å². The van der Waals surface area contributed by atoms with Gasteiger partial charge in [0.05, 0.1) is 12.0 Å². The number of fused-ring (bicyclic) bond motifs is 1. The van der Waals surface area contributed by atoms with E-state index in [4.69, 9.17) is 21.1 Å². The molecule has 8 heteroatoms. The summed E-state index contributed by atoms with van der Waals surface area (Å²) in [6.07, 6.45) is 3.53. The molecule has 0 saturated carbocycles. The Hall–Kier alpha value is -3.58. The lowest BCUT2D eigenvalue weighted by Gasteiger charge is -2.13. The van der Waals surface area contributed by atoms with E-state index in [0.29, 0.717) is 28.0 Å². The molecule has 0 unspecified atom stereocenters. The fraction of sp³-hybridized carbons (Fsp3) is 0.136. The highest BCUT2D eigenvalue weighted by atomic mass is 35.5. The van der Waals surface area contributed by atoms with E-state index in [2.05, 4.69) is 4.98 Å². The molecule has 0 radical (unpaired) electrons. The predicted molar refractivity (Wildman–Crippen MR) is 116 cm³/mol. The van der Waals surface area contributed by atoms with Crippen LogP contribution in [0.3, 0.4) is 0 Å². The molecule has 0 fully saturated rings. The maximum absolute atomic E-state index is 11.4. The molecule has 2 heterocycles. The minimum atomic E-state index is -0.423. The van der Waals surface area contributed by atoms with Crippen molar-refractivity contribution in [1.82, 2.24) is 9.55 Å². The average Bonchev–Trinajstić information content (AvgIpc) is 3.07. The highest BCUT2D eigenvalue weighted by molar-refractivity contribution is 6.30. The molecule has 0 bridgehead atoms. The number of ether oxygens (including phenoxy) is 2. The summed E-state index contributed by atoms with van der Waals surface area (Å²) in [7, 11) is 3.43. The Morgan fingerprint density at radius 2 is 1.87 bits per heavy atom. The molecule has 4 rings (SSSR count). The summed E-state index contributed by atoms with van der Waals surface area (Å²) in [5, 5.41) is 12.9. The van der Waals surface area contributed by atoms with Crippen molar-refractivity contribution in [2.75, 3.05) is 7.11 Å². The third kappa shape index (κ3) is 3.44. The number of nitrogens with zero attached hydrogens (tertiary/aromatic N) is 3. The van der Waals surface area contributed by atoms with E-state index in [1.807, 2.05) is 30.8 Å². The molecule has 152 valence electrons. The van der Waals surface area contributed by atoms with Crippen molar-refractivity contribution in [1.29, 1.82) is 0 Å². The van der Waals surface area contributed by atoms with Crippen molar-refractivity contribution in [3.8, 4) is 28.5 Å². The Balaban J connectivity index is 1.93. The predicted octanol–water partition coefficient (Wildman–Crippen LogP) is 5.91. The van der Waals surface area contributed by atoms with Gasteiger partial charge in [0.2, 0.25) is 5.88 Å². The van der Waals surface area contributed by atoms with Crippen LogP contribution in [-0.4, -0.2) is 21.6 Å². The second-order valence-electron chi connectivity index (χ2n) is 6.82. The second-order valence-corrected chi connectivity index (χ2v) is 7.26.